The van der Waals surface area contributed by atoms with Crippen LogP contribution in [0.5, 0.6) is 0 Å². The first kappa shape index (κ1) is 15.1. The minimum absolute atomic E-state index is 0.193. The van der Waals surface area contributed by atoms with Gasteiger partial charge in [0.25, 0.3) is 0 Å². The molecule has 1 atom stereocenters. The van der Waals surface area contributed by atoms with Gasteiger partial charge in [-0.3, -0.25) is 4.98 Å². The van der Waals surface area contributed by atoms with Gasteiger partial charge in [0.1, 0.15) is 0 Å². The van der Waals surface area contributed by atoms with Gasteiger partial charge in [-0.15, -0.1) is 10.2 Å². The van der Waals surface area contributed by atoms with Crippen LogP contribution in [0.2, 0.25) is 5.02 Å². The molecule has 22 heavy (non-hydrogen) atoms. The average molecular weight is 331 g/mol. The molecular formula is C16H15ClN4S. The van der Waals surface area contributed by atoms with Crippen molar-refractivity contribution in [2.75, 3.05) is 0 Å². The molecule has 0 amide bonds. The quantitative estimate of drug-likeness (QED) is 0.666. The van der Waals surface area contributed by atoms with Gasteiger partial charge in [-0.05, 0) is 30.7 Å². The fourth-order valence-corrected chi connectivity index (χ4v) is 3.54. The molecule has 0 saturated heterocycles. The van der Waals surface area contributed by atoms with Gasteiger partial charge in [-0.2, -0.15) is 0 Å². The summed E-state index contributed by atoms with van der Waals surface area (Å²) in [6.45, 7) is 2.12. The Morgan fingerprint density at radius 3 is 2.68 bits per heavy atom. The number of benzene rings is 1. The zero-order valence-corrected chi connectivity index (χ0v) is 13.8. The van der Waals surface area contributed by atoms with E-state index in [4.69, 9.17) is 11.6 Å². The van der Waals surface area contributed by atoms with Gasteiger partial charge in [0.2, 0.25) is 0 Å². The molecular weight excluding hydrogens is 316 g/mol. The Labute approximate surface area is 138 Å². The lowest BCUT2D eigenvalue weighted by Crippen LogP contribution is -1.97. The molecule has 3 aromatic rings. The molecule has 3 rings (SSSR count). The molecule has 0 saturated carbocycles. The van der Waals surface area contributed by atoms with Crippen molar-refractivity contribution in [2.24, 2.45) is 7.05 Å². The third-order valence-electron chi connectivity index (χ3n) is 3.38. The van der Waals surface area contributed by atoms with E-state index in [1.54, 1.807) is 24.2 Å². The first-order valence-electron chi connectivity index (χ1n) is 6.87. The summed E-state index contributed by atoms with van der Waals surface area (Å²) in [5, 5.41) is 10.4. The molecule has 2 heterocycles. The summed E-state index contributed by atoms with van der Waals surface area (Å²) in [6, 6.07) is 11.7. The number of hydrogen-bond acceptors (Lipinski definition) is 4. The van der Waals surface area contributed by atoms with Gasteiger partial charge in [0, 0.05) is 35.3 Å². The number of halogens is 1. The first-order chi connectivity index (χ1) is 10.7. The van der Waals surface area contributed by atoms with Crippen molar-refractivity contribution >= 4 is 23.4 Å². The normalized spacial score (nSPS) is 12.3. The minimum Gasteiger partial charge on any atom is -0.305 e. The van der Waals surface area contributed by atoms with Gasteiger partial charge < -0.3 is 4.57 Å². The van der Waals surface area contributed by atoms with Crippen molar-refractivity contribution in [3.05, 3.63) is 59.4 Å². The Kier molecular flexibility index (Phi) is 4.45. The van der Waals surface area contributed by atoms with Gasteiger partial charge >= 0.3 is 0 Å². The van der Waals surface area contributed by atoms with E-state index in [9.17, 15) is 0 Å². The van der Waals surface area contributed by atoms with Crippen molar-refractivity contribution in [1.82, 2.24) is 19.7 Å². The molecule has 0 N–H and O–H groups in total. The maximum atomic E-state index is 6.26. The summed E-state index contributed by atoms with van der Waals surface area (Å²) in [4.78, 5) is 4.13. The highest BCUT2D eigenvalue weighted by Crippen LogP contribution is 2.37. The first-order valence-corrected chi connectivity index (χ1v) is 8.13. The van der Waals surface area contributed by atoms with Gasteiger partial charge in [0.15, 0.2) is 11.0 Å². The summed E-state index contributed by atoms with van der Waals surface area (Å²) in [5.74, 6) is 0.807. The Bertz CT molecular complexity index is 773. The van der Waals surface area contributed by atoms with E-state index >= 15 is 0 Å². The van der Waals surface area contributed by atoms with E-state index in [-0.39, 0.29) is 5.25 Å². The lowest BCUT2D eigenvalue weighted by molar-refractivity contribution is 0.790. The van der Waals surface area contributed by atoms with Gasteiger partial charge in [-0.25, -0.2) is 0 Å². The Balaban J connectivity index is 1.85. The fraction of sp³-hybridized carbons (Fsp3) is 0.188. The van der Waals surface area contributed by atoms with E-state index in [1.165, 1.54) is 0 Å². The summed E-state index contributed by atoms with van der Waals surface area (Å²) in [5.41, 5.74) is 2.05. The van der Waals surface area contributed by atoms with Crippen LogP contribution < -0.4 is 0 Å². The number of pyridine rings is 1. The smallest absolute Gasteiger partial charge is 0.191 e. The van der Waals surface area contributed by atoms with Crippen molar-refractivity contribution in [2.45, 2.75) is 17.3 Å². The lowest BCUT2D eigenvalue weighted by atomic mass is 10.2. The molecule has 0 radical (unpaired) electrons. The van der Waals surface area contributed by atoms with Gasteiger partial charge in [-0.1, -0.05) is 41.6 Å². The third-order valence-corrected chi connectivity index (χ3v) is 4.90. The maximum absolute atomic E-state index is 6.26. The average Bonchev–Trinajstić information content (AvgIpc) is 2.89. The monoisotopic (exact) mass is 330 g/mol. The van der Waals surface area contributed by atoms with Crippen LogP contribution >= 0.6 is 23.4 Å². The zero-order valence-electron chi connectivity index (χ0n) is 12.3. The second-order valence-corrected chi connectivity index (χ2v) is 6.60. The maximum Gasteiger partial charge on any atom is 0.191 e. The number of nitrogens with zero attached hydrogens (tertiary/aromatic N) is 4. The van der Waals surface area contributed by atoms with Crippen molar-refractivity contribution in [3.8, 4) is 11.4 Å². The largest absolute Gasteiger partial charge is 0.305 e. The molecule has 6 heteroatoms. The van der Waals surface area contributed by atoms with Gasteiger partial charge in [0.05, 0.1) is 0 Å². The van der Waals surface area contributed by atoms with Crippen LogP contribution in [0.15, 0.2) is 53.9 Å². The van der Waals surface area contributed by atoms with Crippen LogP contribution in [-0.4, -0.2) is 19.7 Å². The number of aromatic nitrogens is 4. The molecule has 0 aliphatic heterocycles. The predicted octanol–water partition coefficient (Wildman–Crippen LogP) is 4.38. The SMILES string of the molecule is CC(Sc1nnc(-c2cccnc2)n1C)c1ccccc1Cl. The molecule has 0 fully saturated rings. The minimum atomic E-state index is 0.193. The molecule has 0 spiro atoms. The zero-order chi connectivity index (χ0) is 15.5. The summed E-state index contributed by atoms with van der Waals surface area (Å²) < 4.78 is 1.98. The van der Waals surface area contributed by atoms with Crippen LogP contribution in [0.1, 0.15) is 17.7 Å². The second kappa shape index (κ2) is 6.50. The second-order valence-electron chi connectivity index (χ2n) is 4.89. The van der Waals surface area contributed by atoms with E-state index in [1.807, 2.05) is 48.0 Å². The lowest BCUT2D eigenvalue weighted by Gasteiger charge is -2.12. The van der Waals surface area contributed by atoms with Crippen LogP contribution in [0.4, 0.5) is 0 Å². The Hall–Kier alpha value is -1.85. The van der Waals surface area contributed by atoms with Crippen LogP contribution in [-0.2, 0) is 7.05 Å². The Morgan fingerprint density at radius 2 is 1.95 bits per heavy atom. The highest BCUT2D eigenvalue weighted by Gasteiger charge is 2.16. The van der Waals surface area contributed by atoms with E-state index < -0.39 is 0 Å². The Morgan fingerprint density at radius 1 is 1.14 bits per heavy atom. The van der Waals surface area contributed by atoms with Crippen molar-refractivity contribution < 1.29 is 0 Å². The molecule has 0 aliphatic rings. The summed E-state index contributed by atoms with van der Waals surface area (Å²) >= 11 is 7.90. The van der Waals surface area contributed by atoms with Crippen LogP contribution in [0, 0.1) is 0 Å². The molecule has 2 aromatic heterocycles. The molecule has 0 aliphatic carbocycles. The highest BCUT2D eigenvalue weighted by molar-refractivity contribution is 7.99. The van der Waals surface area contributed by atoms with Crippen molar-refractivity contribution in [3.63, 3.8) is 0 Å². The van der Waals surface area contributed by atoms with E-state index in [0.717, 1.165) is 27.1 Å². The molecule has 112 valence electrons. The fourth-order valence-electron chi connectivity index (χ4n) is 2.19. The summed E-state index contributed by atoms with van der Waals surface area (Å²) in [7, 11) is 1.96. The number of rotatable bonds is 4. The van der Waals surface area contributed by atoms with E-state index in [2.05, 4.69) is 22.1 Å². The van der Waals surface area contributed by atoms with Crippen LogP contribution in [0.25, 0.3) is 11.4 Å². The molecule has 4 nitrogen and oxygen atoms in total. The van der Waals surface area contributed by atoms with Crippen molar-refractivity contribution in [1.29, 1.82) is 0 Å². The summed E-state index contributed by atoms with van der Waals surface area (Å²) in [6.07, 6.45) is 3.53. The highest BCUT2D eigenvalue weighted by atomic mass is 35.5. The molecule has 1 unspecified atom stereocenters. The predicted molar refractivity (Wildman–Crippen MR) is 90.0 cm³/mol. The number of hydrogen-bond donors (Lipinski definition) is 0. The number of thioether (sulfide) groups is 1. The molecule has 1 aromatic carbocycles. The standard InChI is InChI=1S/C16H15ClN4S/c1-11(13-7-3-4-8-14(13)17)22-16-20-19-15(21(16)2)12-6-5-9-18-10-12/h3-11H,1-2H3. The molecule has 0 bridgehead atoms. The van der Waals surface area contributed by atoms with E-state index in [0.29, 0.717) is 0 Å². The topological polar surface area (TPSA) is 43.6 Å². The third kappa shape index (κ3) is 3.00. The van der Waals surface area contributed by atoms with Crippen LogP contribution in [0.3, 0.4) is 0 Å².